The monoisotopic (exact) mass is 210 g/mol. The van der Waals surface area contributed by atoms with Gasteiger partial charge >= 0.3 is 0 Å². The number of rotatable bonds is 3. The summed E-state index contributed by atoms with van der Waals surface area (Å²) in [5.41, 5.74) is 1.15. The highest BCUT2D eigenvalue weighted by molar-refractivity contribution is 6.16. The molecule has 0 radical (unpaired) electrons. The first kappa shape index (κ1) is 9.27. The van der Waals surface area contributed by atoms with Gasteiger partial charge in [-0.25, -0.2) is 4.98 Å². The third-order valence-corrected chi connectivity index (χ3v) is 2.27. The first-order valence-electron chi connectivity index (χ1n) is 4.33. The van der Waals surface area contributed by atoms with Crippen LogP contribution in [-0.2, 0) is 19.5 Å². The summed E-state index contributed by atoms with van der Waals surface area (Å²) in [4.78, 5) is 4.14. The van der Waals surface area contributed by atoms with E-state index < -0.39 is 0 Å². The van der Waals surface area contributed by atoms with Crippen molar-refractivity contribution in [1.29, 1.82) is 0 Å². The van der Waals surface area contributed by atoms with E-state index in [2.05, 4.69) is 10.1 Å². The summed E-state index contributed by atoms with van der Waals surface area (Å²) in [6.45, 7) is 0.774. The largest absolute Gasteiger partial charge is 0.329 e. The van der Waals surface area contributed by atoms with E-state index in [1.807, 2.05) is 30.2 Å². The van der Waals surface area contributed by atoms with Crippen LogP contribution in [-0.4, -0.2) is 19.3 Å². The van der Waals surface area contributed by atoms with Gasteiger partial charge in [-0.1, -0.05) is 0 Å². The summed E-state index contributed by atoms with van der Waals surface area (Å²) in [5, 5.41) is 4.10. The number of nitrogens with zero attached hydrogens (tertiary/aromatic N) is 4. The Balaban J connectivity index is 2.18. The topological polar surface area (TPSA) is 35.6 Å². The zero-order chi connectivity index (χ0) is 9.97. The lowest BCUT2D eigenvalue weighted by Gasteiger charge is -2.02. The number of imidazole rings is 1. The van der Waals surface area contributed by atoms with Crippen molar-refractivity contribution in [1.82, 2.24) is 19.3 Å². The minimum Gasteiger partial charge on any atom is -0.329 e. The molecule has 0 saturated carbocycles. The fourth-order valence-corrected chi connectivity index (χ4v) is 1.59. The number of aromatic nitrogens is 4. The van der Waals surface area contributed by atoms with Crippen LogP contribution >= 0.6 is 11.6 Å². The molecule has 2 aromatic heterocycles. The van der Waals surface area contributed by atoms with Gasteiger partial charge in [0, 0.05) is 31.2 Å². The first-order valence-corrected chi connectivity index (χ1v) is 4.86. The van der Waals surface area contributed by atoms with Crippen molar-refractivity contribution < 1.29 is 0 Å². The second-order valence-corrected chi connectivity index (χ2v) is 3.39. The van der Waals surface area contributed by atoms with Gasteiger partial charge in [0.15, 0.2) is 0 Å². The Kier molecular flexibility index (Phi) is 2.54. The molecule has 74 valence electrons. The molecule has 0 spiro atoms. The highest BCUT2D eigenvalue weighted by atomic mass is 35.5. The minimum atomic E-state index is 0.438. The molecular formula is C9H11ClN4. The van der Waals surface area contributed by atoms with Gasteiger partial charge in [-0.15, -0.1) is 11.6 Å². The quantitative estimate of drug-likeness (QED) is 0.718. The van der Waals surface area contributed by atoms with Crippen LogP contribution < -0.4 is 0 Å². The number of halogens is 1. The molecule has 5 heteroatoms. The van der Waals surface area contributed by atoms with Crippen LogP contribution in [0.5, 0.6) is 0 Å². The Hall–Kier alpha value is -1.29. The van der Waals surface area contributed by atoms with E-state index >= 15 is 0 Å². The number of aryl methyl sites for hydroxylation is 1. The van der Waals surface area contributed by atoms with E-state index in [4.69, 9.17) is 11.6 Å². The van der Waals surface area contributed by atoms with Crippen molar-refractivity contribution in [3.05, 3.63) is 36.2 Å². The minimum absolute atomic E-state index is 0.438. The molecule has 2 heterocycles. The van der Waals surface area contributed by atoms with Crippen molar-refractivity contribution >= 4 is 11.6 Å². The van der Waals surface area contributed by atoms with Crippen LogP contribution in [0.3, 0.4) is 0 Å². The highest BCUT2D eigenvalue weighted by Crippen LogP contribution is 2.06. The zero-order valence-electron chi connectivity index (χ0n) is 7.89. The normalized spacial score (nSPS) is 10.7. The van der Waals surface area contributed by atoms with Crippen LogP contribution in [0.4, 0.5) is 0 Å². The molecular weight excluding hydrogens is 200 g/mol. The molecule has 0 amide bonds. The molecule has 0 aliphatic rings. The fraction of sp³-hybridized carbons (Fsp3) is 0.333. The second-order valence-electron chi connectivity index (χ2n) is 3.13. The number of hydrogen-bond donors (Lipinski definition) is 0. The SMILES string of the molecule is Cn1cc(Cn2ccnc2CCl)cn1. The highest BCUT2D eigenvalue weighted by Gasteiger charge is 2.02. The van der Waals surface area contributed by atoms with Crippen molar-refractivity contribution in [2.75, 3.05) is 0 Å². The van der Waals surface area contributed by atoms with Gasteiger partial charge in [0.2, 0.25) is 0 Å². The van der Waals surface area contributed by atoms with Crippen LogP contribution in [0.25, 0.3) is 0 Å². The first-order chi connectivity index (χ1) is 6.79. The lowest BCUT2D eigenvalue weighted by molar-refractivity contribution is 0.747. The zero-order valence-corrected chi connectivity index (χ0v) is 8.65. The van der Waals surface area contributed by atoms with E-state index in [9.17, 15) is 0 Å². The Morgan fingerprint density at radius 3 is 3.00 bits per heavy atom. The van der Waals surface area contributed by atoms with E-state index in [0.717, 1.165) is 17.9 Å². The molecule has 2 rings (SSSR count). The standard InChI is InChI=1S/C9H11ClN4/c1-13-6-8(5-12-13)7-14-3-2-11-9(14)4-10/h2-3,5-6H,4,7H2,1H3. The van der Waals surface area contributed by atoms with Crippen molar-refractivity contribution in [2.45, 2.75) is 12.4 Å². The smallest absolute Gasteiger partial charge is 0.123 e. The predicted molar refractivity (Wildman–Crippen MR) is 54.1 cm³/mol. The van der Waals surface area contributed by atoms with Gasteiger partial charge in [0.25, 0.3) is 0 Å². The lowest BCUT2D eigenvalue weighted by Crippen LogP contribution is -2.01. The molecule has 0 atom stereocenters. The van der Waals surface area contributed by atoms with E-state index in [0.29, 0.717) is 5.88 Å². The van der Waals surface area contributed by atoms with Crippen LogP contribution in [0.15, 0.2) is 24.8 Å². The molecule has 4 nitrogen and oxygen atoms in total. The maximum atomic E-state index is 5.74. The maximum absolute atomic E-state index is 5.74. The fourth-order valence-electron chi connectivity index (χ4n) is 1.37. The summed E-state index contributed by atoms with van der Waals surface area (Å²) < 4.78 is 3.80. The van der Waals surface area contributed by atoms with Crippen LogP contribution in [0, 0.1) is 0 Å². The van der Waals surface area contributed by atoms with E-state index in [-0.39, 0.29) is 0 Å². The average Bonchev–Trinajstić information content (AvgIpc) is 2.76. The number of alkyl halides is 1. The Morgan fingerprint density at radius 1 is 1.50 bits per heavy atom. The molecule has 0 aliphatic carbocycles. The summed E-state index contributed by atoms with van der Waals surface area (Å²) in [6, 6.07) is 0. The molecule has 0 fully saturated rings. The Bertz CT molecular complexity index is 418. The molecule has 14 heavy (non-hydrogen) atoms. The number of hydrogen-bond acceptors (Lipinski definition) is 2. The maximum Gasteiger partial charge on any atom is 0.123 e. The van der Waals surface area contributed by atoms with Crippen LogP contribution in [0.2, 0.25) is 0 Å². The lowest BCUT2D eigenvalue weighted by atomic mass is 10.3. The van der Waals surface area contributed by atoms with Gasteiger partial charge < -0.3 is 4.57 Å². The van der Waals surface area contributed by atoms with Gasteiger partial charge in [-0.05, 0) is 0 Å². The molecule has 0 N–H and O–H groups in total. The third-order valence-electron chi connectivity index (χ3n) is 2.03. The van der Waals surface area contributed by atoms with E-state index in [1.165, 1.54) is 0 Å². The molecule has 0 aromatic carbocycles. The van der Waals surface area contributed by atoms with E-state index in [1.54, 1.807) is 10.9 Å². The summed E-state index contributed by atoms with van der Waals surface area (Å²) >= 11 is 5.74. The molecule has 0 aliphatic heterocycles. The van der Waals surface area contributed by atoms with Crippen molar-refractivity contribution in [2.24, 2.45) is 7.05 Å². The molecule has 0 saturated heterocycles. The van der Waals surface area contributed by atoms with Crippen molar-refractivity contribution in [3.8, 4) is 0 Å². The summed E-state index contributed by atoms with van der Waals surface area (Å²) in [7, 11) is 1.90. The average molecular weight is 211 g/mol. The molecule has 2 aromatic rings. The van der Waals surface area contributed by atoms with Crippen molar-refractivity contribution in [3.63, 3.8) is 0 Å². The Morgan fingerprint density at radius 2 is 2.36 bits per heavy atom. The molecule has 0 unspecified atom stereocenters. The van der Waals surface area contributed by atoms with Gasteiger partial charge in [0.05, 0.1) is 18.6 Å². The van der Waals surface area contributed by atoms with Gasteiger partial charge in [-0.3, -0.25) is 4.68 Å². The molecule has 0 bridgehead atoms. The summed E-state index contributed by atoms with van der Waals surface area (Å²) in [5.74, 6) is 1.32. The predicted octanol–water partition coefficient (Wildman–Crippen LogP) is 1.40. The van der Waals surface area contributed by atoms with Gasteiger partial charge in [-0.2, -0.15) is 5.10 Å². The Labute approximate surface area is 87.1 Å². The third kappa shape index (κ3) is 1.80. The van der Waals surface area contributed by atoms with Crippen LogP contribution in [0.1, 0.15) is 11.4 Å². The second kappa shape index (κ2) is 3.84. The van der Waals surface area contributed by atoms with Gasteiger partial charge in [0.1, 0.15) is 5.82 Å². The summed E-state index contributed by atoms with van der Waals surface area (Å²) in [6.07, 6.45) is 7.51.